The van der Waals surface area contributed by atoms with E-state index < -0.39 is 40.7 Å². The highest BCUT2D eigenvalue weighted by Gasteiger charge is 2.56. The number of Topliss-reactive ketones (excluding diaryl/α,β-unsaturated/α-hetero) is 1. The van der Waals surface area contributed by atoms with Gasteiger partial charge in [-0.15, -0.1) is 0 Å². The number of esters is 1. The maximum atomic E-state index is 13.7. The van der Waals surface area contributed by atoms with E-state index in [1.54, 1.807) is 52.0 Å². The van der Waals surface area contributed by atoms with Crippen LogP contribution in [0.5, 0.6) is 11.5 Å². The Morgan fingerprint density at radius 3 is 2.19 bits per heavy atom. The van der Waals surface area contributed by atoms with E-state index in [0.717, 1.165) is 0 Å². The first-order chi connectivity index (χ1) is 17.5. The van der Waals surface area contributed by atoms with Crippen molar-refractivity contribution in [1.29, 1.82) is 0 Å². The molecule has 0 saturated carbocycles. The van der Waals surface area contributed by atoms with E-state index in [1.165, 1.54) is 17.0 Å². The van der Waals surface area contributed by atoms with Crippen LogP contribution in [0.1, 0.15) is 50.9 Å². The van der Waals surface area contributed by atoms with E-state index >= 15 is 0 Å². The van der Waals surface area contributed by atoms with Crippen molar-refractivity contribution in [3.05, 3.63) is 60.2 Å². The van der Waals surface area contributed by atoms with Crippen LogP contribution in [0.3, 0.4) is 0 Å². The molecule has 0 aliphatic carbocycles. The van der Waals surface area contributed by atoms with Crippen LogP contribution in [0, 0.1) is 11.3 Å². The number of likely N-dealkylation sites (tertiary alicyclic amines) is 1. The number of hydrogen-bond donors (Lipinski definition) is 1. The topological polar surface area (TPSA) is 119 Å². The SMILES string of the molecule is CCOC(=O)C(C(=O)c1ccc(Oc2ccccc2)cc1)C1(C(=O)O)CCCN(C(=O)OC(C)(C)C)C1. The number of carbonyl (C=O) groups excluding carboxylic acids is 3. The first-order valence-corrected chi connectivity index (χ1v) is 12.2. The van der Waals surface area contributed by atoms with Crippen molar-refractivity contribution in [3.63, 3.8) is 0 Å². The minimum atomic E-state index is -1.88. The summed E-state index contributed by atoms with van der Waals surface area (Å²) in [6.07, 6.45) is -0.403. The lowest BCUT2D eigenvalue weighted by Gasteiger charge is -2.42. The number of hydrogen-bond acceptors (Lipinski definition) is 7. The summed E-state index contributed by atoms with van der Waals surface area (Å²) in [6, 6.07) is 15.2. The summed E-state index contributed by atoms with van der Waals surface area (Å²) in [6.45, 7) is 6.55. The molecule has 37 heavy (non-hydrogen) atoms. The summed E-state index contributed by atoms with van der Waals surface area (Å²) < 4.78 is 16.4. The normalized spacial score (nSPS) is 18.4. The van der Waals surface area contributed by atoms with Gasteiger partial charge >= 0.3 is 18.0 Å². The number of nitrogens with zero attached hydrogens (tertiary/aromatic N) is 1. The number of carboxylic acids is 1. The molecule has 0 spiro atoms. The fourth-order valence-corrected chi connectivity index (χ4v) is 4.39. The van der Waals surface area contributed by atoms with Crippen LogP contribution in [0.25, 0.3) is 0 Å². The van der Waals surface area contributed by atoms with Crippen molar-refractivity contribution >= 4 is 23.8 Å². The zero-order valence-corrected chi connectivity index (χ0v) is 21.6. The molecule has 1 heterocycles. The summed E-state index contributed by atoms with van der Waals surface area (Å²) in [5.41, 5.74) is -2.54. The van der Waals surface area contributed by atoms with Gasteiger partial charge in [-0.2, -0.15) is 0 Å². The van der Waals surface area contributed by atoms with Crippen molar-refractivity contribution in [2.24, 2.45) is 11.3 Å². The molecule has 1 amide bonds. The van der Waals surface area contributed by atoms with Crippen LogP contribution in [0.4, 0.5) is 4.79 Å². The second kappa shape index (κ2) is 11.5. The fraction of sp³-hybridized carbons (Fsp3) is 0.429. The van der Waals surface area contributed by atoms with E-state index in [1.807, 2.05) is 18.2 Å². The van der Waals surface area contributed by atoms with Crippen molar-refractivity contribution < 1.29 is 38.5 Å². The van der Waals surface area contributed by atoms with Crippen LogP contribution in [-0.4, -0.2) is 59.1 Å². The summed E-state index contributed by atoms with van der Waals surface area (Å²) in [4.78, 5) is 53.5. The standard InChI is InChI=1S/C28H33NO8/c1-5-35-24(31)22(23(30)19-12-14-21(15-13-19)36-20-10-7-6-8-11-20)28(25(32)33)16-9-17-29(18-28)26(34)37-27(2,3)4/h6-8,10-15,22H,5,9,16-18H2,1-4H3,(H,32,33). The number of carbonyl (C=O) groups is 4. The van der Waals surface area contributed by atoms with E-state index in [-0.39, 0.29) is 38.1 Å². The Morgan fingerprint density at radius 2 is 1.62 bits per heavy atom. The van der Waals surface area contributed by atoms with Gasteiger partial charge in [0.1, 0.15) is 28.4 Å². The first-order valence-electron chi connectivity index (χ1n) is 12.2. The minimum Gasteiger partial charge on any atom is -0.481 e. The van der Waals surface area contributed by atoms with Gasteiger partial charge in [0.05, 0.1) is 6.61 Å². The Bertz CT molecular complexity index is 1120. The van der Waals surface area contributed by atoms with E-state index in [9.17, 15) is 24.3 Å². The van der Waals surface area contributed by atoms with Crippen LogP contribution < -0.4 is 4.74 Å². The Kier molecular flexibility index (Phi) is 8.57. The maximum Gasteiger partial charge on any atom is 0.410 e. The van der Waals surface area contributed by atoms with Gasteiger partial charge in [-0.05, 0) is 76.9 Å². The van der Waals surface area contributed by atoms with Crippen molar-refractivity contribution in [1.82, 2.24) is 4.90 Å². The number of benzene rings is 2. The third-order valence-corrected chi connectivity index (χ3v) is 6.06. The second-order valence-electron chi connectivity index (χ2n) is 9.96. The molecule has 1 N–H and O–H groups in total. The maximum absolute atomic E-state index is 13.7. The largest absolute Gasteiger partial charge is 0.481 e. The Labute approximate surface area is 216 Å². The molecule has 2 aromatic rings. The van der Waals surface area contributed by atoms with E-state index in [2.05, 4.69) is 0 Å². The molecule has 1 aliphatic rings. The number of rotatable bonds is 8. The Morgan fingerprint density at radius 1 is 1.00 bits per heavy atom. The highest BCUT2D eigenvalue weighted by Crippen LogP contribution is 2.41. The lowest BCUT2D eigenvalue weighted by Crippen LogP contribution is -2.58. The van der Waals surface area contributed by atoms with E-state index in [0.29, 0.717) is 11.5 Å². The van der Waals surface area contributed by atoms with Gasteiger partial charge in [0.25, 0.3) is 0 Å². The molecular weight excluding hydrogens is 478 g/mol. The zero-order valence-electron chi connectivity index (χ0n) is 21.6. The molecule has 3 rings (SSSR count). The van der Waals surface area contributed by atoms with Gasteiger partial charge in [-0.3, -0.25) is 14.4 Å². The molecule has 2 atom stereocenters. The van der Waals surface area contributed by atoms with Crippen LogP contribution in [0.2, 0.25) is 0 Å². The van der Waals surface area contributed by atoms with Gasteiger partial charge in [-0.25, -0.2) is 4.79 Å². The van der Waals surface area contributed by atoms with Crippen molar-refractivity contribution in [2.75, 3.05) is 19.7 Å². The van der Waals surface area contributed by atoms with Gasteiger partial charge in [0.15, 0.2) is 5.78 Å². The highest BCUT2D eigenvalue weighted by molar-refractivity contribution is 6.12. The lowest BCUT2D eigenvalue weighted by molar-refractivity contribution is -0.166. The van der Waals surface area contributed by atoms with Crippen molar-refractivity contribution in [2.45, 2.75) is 46.1 Å². The summed E-state index contributed by atoms with van der Waals surface area (Å²) in [7, 11) is 0. The molecular formula is C28H33NO8. The molecule has 9 heteroatoms. The summed E-state index contributed by atoms with van der Waals surface area (Å²) in [5.74, 6) is -3.56. The molecule has 2 unspecified atom stereocenters. The van der Waals surface area contributed by atoms with Gasteiger partial charge in [0, 0.05) is 18.7 Å². The number of amides is 1. The number of ketones is 1. The lowest BCUT2D eigenvalue weighted by atomic mass is 9.67. The van der Waals surface area contributed by atoms with Crippen LogP contribution >= 0.6 is 0 Å². The molecule has 1 fully saturated rings. The zero-order chi connectivity index (χ0) is 27.2. The Hall–Kier alpha value is -3.88. The average Bonchev–Trinajstić information content (AvgIpc) is 2.84. The predicted octanol–water partition coefficient (Wildman–Crippen LogP) is 4.94. The number of piperidine rings is 1. The number of aliphatic carboxylic acids is 1. The van der Waals surface area contributed by atoms with Crippen molar-refractivity contribution in [3.8, 4) is 11.5 Å². The van der Waals surface area contributed by atoms with Crippen LogP contribution in [-0.2, 0) is 19.1 Å². The first kappa shape index (κ1) is 27.7. The number of ether oxygens (including phenoxy) is 3. The van der Waals surface area contributed by atoms with Gasteiger partial charge < -0.3 is 24.2 Å². The van der Waals surface area contributed by atoms with E-state index in [4.69, 9.17) is 14.2 Å². The quantitative estimate of drug-likeness (QED) is 0.301. The molecule has 1 aliphatic heterocycles. The smallest absolute Gasteiger partial charge is 0.410 e. The molecule has 198 valence electrons. The monoisotopic (exact) mass is 511 g/mol. The fourth-order valence-electron chi connectivity index (χ4n) is 4.39. The molecule has 9 nitrogen and oxygen atoms in total. The predicted molar refractivity (Wildman–Crippen MR) is 135 cm³/mol. The summed E-state index contributed by atoms with van der Waals surface area (Å²) >= 11 is 0. The second-order valence-corrected chi connectivity index (χ2v) is 9.96. The molecule has 2 aromatic carbocycles. The van der Waals surface area contributed by atoms with Gasteiger partial charge in [-0.1, -0.05) is 18.2 Å². The number of para-hydroxylation sites is 1. The molecule has 1 saturated heterocycles. The molecule has 0 bridgehead atoms. The average molecular weight is 512 g/mol. The minimum absolute atomic E-state index is 0.0199. The molecule has 0 aromatic heterocycles. The third-order valence-electron chi connectivity index (χ3n) is 6.06. The van der Waals surface area contributed by atoms with Gasteiger partial charge in [0.2, 0.25) is 0 Å². The Balaban J connectivity index is 1.93. The summed E-state index contributed by atoms with van der Waals surface area (Å²) in [5, 5.41) is 10.4. The van der Waals surface area contributed by atoms with Crippen LogP contribution in [0.15, 0.2) is 54.6 Å². The highest BCUT2D eigenvalue weighted by atomic mass is 16.6. The molecule has 0 radical (unpaired) electrons. The number of carboxylic acid groups (broad SMARTS) is 1. The third kappa shape index (κ3) is 6.67.